The highest BCUT2D eigenvalue weighted by Gasteiger charge is 2.47. The Bertz CT molecular complexity index is 1030. The number of piperidine rings is 1. The number of aliphatic carboxylic acids is 1. The summed E-state index contributed by atoms with van der Waals surface area (Å²) in [6, 6.07) is 12.3. The van der Waals surface area contributed by atoms with Gasteiger partial charge >= 0.3 is 5.97 Å². The molecule has 1 aliphatic heterocycles. The van der Waals surface area contributed by atoms with Gasteiger partial charge in [0.25, 0.3) is 0 Å². The van der Waals surface area contributed by atoms with E-state index in [-0.39, 0.29) is 23.7 Å². The van der Waals surface area contributed by atoms with Gasteiger partial charge in [-0.25, -0.2) is 0 Å². The molecule has 170 valence electrons. The van der Waals surface area contributed by atoms with Crippen molar-refractivity contribution in [1.82, 2.24) is 4.90 Å². The molecule has 7 heteroatoms. The topological polar surface area (TPSA) is 57.6 Å². The summed E-state index contributed by atoms with van der Waals surface area (Å²) in [5, 5.41) is 10.2. The van der Waals surface area contributed by atoms with E-state index >= 15 is 0 Å². The molecule has 1 heterocycles. The number of rotatable bonds is 6. The second-order valence-corrected chi connectivity index (χ2v) is 10.8. The molecular formula is C25H27Cl2NO3S. The maximum absolute atomic E-state index is 12.9. The molecule has 1 aliphatic carbocycles. The maximum atomic E-state index is 12.9. The highest BCUT2D eigenvalue weighted by Crippen LogP contribution is 2.53. The summed E-state index contributed by atoms with van der Waals surface area (Å²) in [4.78, 5) is 28.0. The molecule has 0 bridgehead atoms. The van der Waals surface area contributed by atoms with Crippen LogP contribution in [0.25, 0.3) is 0 Å². The van der Waals surface area contributed by atoms with E-state index in [1.165, 1.54) is 5.56 Å². The minimum absolute atomic E-state index is 0.0756. The van der Waals surface area contributed by atoms with Crippen LogP contribution in [0.2, 0.25) is 10.0 Å². The number of carbonyl (C=O) groups excluding carboxylic acids is 1. The number of likely N-dealkylation sites (tertiary alicyclic amines) is 1. The number of carbonyl (C=O) groups is 2. The molecule has 0 radical (unpaired) electrons. The maximum Gasteiger partial charge on any atom is 0.306 e. The van der Waals surface area contributed by atoms with Crippen LogP contribution in [0.5, 0.6) is 0 Å². The van der Waals surface area contributed by atoms with Gasteiger partial charge in [-0.1, -0.05) is 73.1 Å². The number of hydrogen-bond donors (Lipinski definition) is 1. The summed E-state index contributed by atoms with van der Waals surface area (Å²) in [5.41, 5.74) is 2.20. The van der Waals surface area contributed by atoms with Gasteiger partial charge in [-0.15, -0.1) is 0 Å². The molecule has 2 aromatic carbocycles. The molecule has 0 spiro atoms. The van der Waals surface area contributed by atoms with Crippen molar-refractivity contribution in [2.45, 2.75) is 54.7 Å². The number of carboxylic acids is 1. The zero-order chi connectivity index (χ0) is 23.0. The van der Waals surface area contributed by atoms with Gasteiger partial charge in [0.05, 0.1) is 16.0 Å². The Morgan fingerprint density at radius 2 is 1.72 bits per heavy atom. The molecule has 32 heavy (non-hydrogen) atoms. The van der Waals surface area contributed by atoms with Crippen molar-refractivity contribution in [2.75, 3.05) is 13.1 Å². The third-order valence-corrected chi connectivity index (χ3v) is 8.66. The fraction of sp³-hybridized carbons (Fsp3) is 0.440. The molecule has 4 nitrogen and oxygen atoms in total. The lowest BCUT2D eigenvalue weighted by Gasteiger charge is -2.30. The molecule has 2 fully saturated rings. The number of nitrogens with zero attached hydrogens (tertiary/aromatic N) is 1. The standard InChI is InChI=1S/C25H27Cl2NO3S/c1-14(2)16-5-3-4-6-20(16)32-21-8-7-17(22(26)23(21)27)18-13-19(18)24(29)28-11-9-15(10-12-28)25(30)31/h3-8,14-15,18-19H,9-13H2,1-2H3,(H,30,31)/t18-,19+/m0/s1. The monoisotopic (exact) mass is 491 g/mol. The number of carboxylic acid groups (broad SMARTS) is 1. The molecule has 1 amide bonds. The van der Waals surface area contributed by atoms with Crippen LogP contribution in [0.15, 0.2) is 46.2 Å². The predicted molar refractivity (Wildman–Crippen MR) is 129 cm³/mol. The van der Waals surface area contributed by atoms with Crippen molar-refractivity contribution >= 4 is 46.8 Å². The Balaban J connectivity index is 1.45. The molecular weight excluding hydrogens is 465 g/mol. The van der Waals surface area contributed by atoms with Gasteiger partial charge in [0.1, 0.15) is 0 Å². The van der Waals surface area contributed by atoms with Crippen LogP contribution in [0, 0.1) is 11.8 Å². The van der Waals surface area contributed by atoms with Crippen LogP contribution in [-0.4, -0.2) is 35.0 Å². The molecule has 0 aromatic heterocycles. The van der Waals surface area contributed by atoms with Gasteiger partial charge in [-0.3, -0.25) is 9.59 Å². The second kappa shape index (κ2) is 9.66. The van der Waals surface area contributed by atoms with Crippen molar-refractivity contribution < 1.29 is 14.7 Å². The zero-order valence-corrected chi connectivity index (χ0v) is 20.5. The average molecular weight is 492 g/mol. The number of amides is 1. The van der Waals surface area contributed by atoms with E-state index in [1.54, 1.807) is 11.8 Å². The van der Waals surface area contributed by atoms with Crippen molar-refractivity contribution in [2.24, 2.45) is 11.8 Å². The third kappa shape index (κ3) is 4.80. The molecule has 1 saturated carbocycles. The van der Waals surface area contributed by atoms with Crippen molar-refractivity contribution in [3.8, 4) is 0 Å². The molecule has 2 aromatic rings. The van der Waals surface area contributed by atoms with Gasteiger partial charge in [-0.2, -0.15) is 0 Å². The minimum atomic E-state index is -0.767. The Hall–Kier alpha value is -1.69. The molecule has 4 rings (SSSR count). The smallest absolute Gasteiger partial charge is 0.306 e. The van der Waals surface area contributed by atoms with Crippen molar-refractivity contribution in [3.63, 3.8) is 0 Å². The van der Waals surface area contributed by atoms with Crippen LogP contribution >= 0.6 is 35.0 Å². The Labute approximate surface area is 203 Å². The first kappa shape index (κ1) is 23.5. The SMILES string of the molecule is CC(C)c1ccccc1Sc1ccc([C@@H]2C[C@H]2C(=O)N2CCC(C(=O)O)CC2)c(Cl)c1Cl. The third-order valence-electron chi connectivity index (χ3n) is 6.50. The van der Waals surface area contributed by atoms with Crippen LogP contribution in [0.1, 0.15) is 56.1 Å². The van der Waals surface area contributed by atoms with E-state index in [1.807, 2.05) is 29.2 Å². The highest BCUT2D eigenvalue weighted by molar-refractivity contribution is 7.99. The van der Waals surface area contributed by atoms with E-state index in [2.05, 4.69) is 26.0 Å². The van der Waals surface area contributed by atoms with E-state index in [9.17, 15) is 9.59 Å². The molecule has 1 N–H and O–H groups in total. The number of benzene rings is 2. The molecule has 2 atom stereocenters. The Kier molecular flexibility index (Phi) is 7.09. The largest absolute Gasteiger partial charge is 0.481 e. The second-order valence-electron chi connectivity index (χ2n) is 8.96. The van der Waals surface area contributed by atoms with Gasteiger partial charge in [0, 0.05) is 28.8 Å². The Morgan fingerprint density at radius 1 is 1.03 bits per heavy atom. The first-order chi connectivity index (χ1) is 15.3. The zero-order valence-electron chi connectivity index (χ0n) is 18.2. The lowest BCUT2D eigenvalue weighted by Crippen LogP contribution is -2.41. The van der Waals surface area contributed by atoms with E-state index in [4.69, 9.17) is 28.3 Å². The number of halogens is 2. The van der Waals surface area contributed by atoms with Crippen LogP contribution in [0.4, 0.5) is 0 Å². The molecule has 1 saturated heterocycles. The van der Waals surface area contributed by atoms with E-state index < -0.39 is 5.97 Å². The van der Waals surface area contributed by atoms with Gasteiger partial charge < -0.3 is 10.0 Å². The summed E-state index contributed by atoms with van der Waals surface area (Å²) < 4.78 is 0. The quantitative estimate of drug-likeness (QED) is 0.488. The predicted octanol–water partition coefficient (Wildman–Crippen LogP) is 6.69. The fourth-order valence-electron chi connectivity index (χ4n) is 4.47. The van der Waals surface area contributed by atoms with Gasteiger partial charge in [-0.05, 0) is 54.4 Å². The van der Waals surface area contributed by atoms with Gasteiger partial charge in [0.15, 0.2) is 0 Å². The summed E-state index contributed by atoms with van der Waals surface area (Å²) in [5.74, 6) is -0.608. The first-order valence-electron chi connectivity index (χ1n) is 11.0. The fourth-order valence-corrected chi connectivity index (χ4v) is 6.26. The van der Waals surface area contributed by atoms with Crippen LogP contribution in [0.3, 0.4) is 0 Å². The number of hydrogen-bond acceptors (Lipinski definition) is 3. The van der Waals surface area contributed by atoms with E-state index in [0.29, 0.717) is 41.9 Å². The lowest BCUT2D eigenvalue weighted by atomic mass is 9.96. The average Bonchev–Trinajstić information content (AvgIpc) is 3.57. The molecule has 0 unspecified atom stereocenters. The van der Waals surface area contributed by atoms with Crippen LogP contribution < -0.4 is 0 Å². The highest BCUT2D eigenvalue weighted by atomic mass is 35.5. The summed E-state index contributed by atoms with van der Waals surface area (Å²) in [6.45, 7) is 5.37. The van der Waals surface area contributed by atoms with Crippen molar-refractivity contribution in [1.29, 1.82) is 0 Å². The Morgan fingerprint density at radius 3 is 2.38 bits per heavy atom. The summed E-state index contributed by atoms with van der Waals surface area (Å²) in [7, 11) is 0. The summed E-state index contributed by atoms with van der Waals surface area (Å²) in [6.07, 6.45) is 1.81. The summed E-state index contributed by atoms with van der Waals surface area (Å²) >= 11 is 15.0. The normalized spacial score (nSPS) is 21.1. The van der Waals surface area contributed by atoms with E-state index in [0.717, 1.165) is 21.8 Å². The lowest BCUT2D eigenvalue weighted by molar-refractivity contribution is -0.146. The first-order valence-corrected chi connectivity index (χ1v) is 12.6. The van der Waals surface area contributed by atoms with Crippen molar-refractivity contribution in [3.05, 3.63) is 57.6 Å². The van der Waals surface area contributed by atoms with Gasteiger partial charge in [0.2, 0.25) is 5.91 Å². The van der Waals surface area contributed by atoms with Crippen LogP contribution in [-0.2, 0) is 9.59 Å². The molecule has 2 aliphatic rings. The minimum Gasteiger partial charge on any atom is -0.481 e.